The maximum atomic E-state index is 12.6. The number of rotatable bonds is 2. The molecule has 2 saturated carbocycles. The zero-order valence-corrected chi connectivity index (χ0v) is 12.9. The first-order valence-electron chi connectivity index (χ1n) is 8.32. The van der Waals surface area contributed by atoms with Gasteiger partial charge in [-0.2, -0.15) is 5.26 Å². The van der Waals surface area contributed by atoms with Crippen molar-refractivity contribution in [1.29, 1.82) is 5.26 Å². The first-order chi connectivity index (χ1) is 10.6. The van der Waals surface area contributed by atoms with Crippen LogP contribution in [0.5, 0.6) is 0 Å². The lowest BCUT2D eigenvalue weighted by Crippen LogP contribution is -2.44. The molecule has 0 amide bonds. The Kier molecular flexibility index (Phi) is 4.31. The summed E-state index contributed by atoms with van der Waals surface area (Å²) in [6, 6.07) is 9.43. The molecule has 0 unspecified atom stereocenters. The Bertz CT molecular complexity index is 578. The summed E-state index contributed by atoms with van der Waals surface area (Å²) in [5.74, 6) is -0.0505. The largest absolute Gasteiger partial charge is 0.392 e. The third-order valence-corrected chi connectivity index (χ3v) is 5.52. The molecule has 3 nitrogen and oxygen atoms in total. The molecule has 1 spiro atoms. The highest BCUT2D eigenvalue weighted by Gasteiger charge is 2.45. The lowest BCUT2D eigenvalue weighted by molar-refractivity contribution is -0.137. The second kappa shape index (κ2) is 6.22. The smallest absolute Gasteiger partial charge is 0.139 e. The van der Waals surface area contributed by atoms with Gasteiger partial charge in [-0.25, -0.2) is 0 Å². The van der Waals surface area contributed by atoms with Crippen molar-refractivity contribution in [2.45, 2.75) is 57.5 Å². The number of ketones is 1. The van der Waals surface area contributed by atoms with Crippen LogP contribution in [0.1, 0.15) is 56.1 Å². The Morgan fingerprint density at radius 3 is 2.45 bits per heavy atom. The quantitative estimate of drug-likeness (QED) is 0.910. The summed E-state index contributed by atoms with van der Waals surface area (Å²) in [5.41, 5.74) is 1.73. The van der Waals surface area contributed by atoms with Crippen LogP contribution in [-0.4, -0.2) is 17.0 Å². The van der Waals surface area contributed by atoms with Crippen molar-refractivity contribution in [1.82, 2.24) is 0 Å². The van der Waals surface area contributed by atoms with Crippen molar-refractivity contribution in [2.75, 3.05) is 0 Å². The van der Waals surface area contributed by atoms with E-state index in [1.54, 1.807) is 12.1 Å². The molecule has 0 saturated heterocycles. The van der Waals surface area contributed by atoms with Gasteiger partial charge in [-0.3, -0.25) is 4.79 Å². The Balaban J connectivity index is 1.69. The number of carbonyl (C=O) groups is 1. The van der Waals surface area contributed by atoms with Crippen molar-refractivity contribution in [3.05, 3.63) is 35.4 Å². The monoisotopic (exact) mass is 297 g/mol. The maximum Gasteiger partial charge on any atom is 0.139 e. The van der Waals surface area contributed by atoms with E-state index < -0.39 is 6.10 Å². The number of aliphatic hydroxyl groups is 1. The van der Waals surface area contributed by atoms with Gasteiger partial charge in [0.05, 0.1) is 17.7 Å². The van der Waals surface area contributed by atoms with Gasteiger partial charge in [0.2, 0.25) is 0 Å². The molecule has 1 aromatic carbocycles. The number of nitrogens with zero attached hydrogens (tertiary/aromatic N) is 1. The maximum absolute atomic E-state index is 12.6. The number of hydrogen-bond donors (Lipinski definition) is 1. The number of benzene rings is 1. The zero-order chi connectivity index (χ0) is 15.6. The van der Waals surface area contributed by atoms with Gasteiger partial charge in [0.25, 0.3) is 0 Å². The molecule has 1 aromatic rings. The highest BCUT2D eigenvalue weighted by atomic mass is 16.3. The molecule has 2 aliphatic rings. The molecule has 0 bridgehead atoms. The number of aliphatic hydroxyl groups excluding tert-OH is 1. The fraction of sp³-hybridized carbons (Fsp3) is 0.579. The minimum absolute atomic E-state index is 0.0793. The summed E-state index contributed by atoms with van der Waals surface area (Å²) < 4.78 is 0. The van der Waals surface area contributed by atoms with E-state index in [1.165, 1.54) is 19.3 Å². The molecule has 3 heteroatoms. The van der Waals surface area contributed by atoms with Crippen LogP contribution < -0.4 is 0 Å². The lowest BCUT2D eigenvalue weighted by Gasteiger charge is -2.44. The Morgan fingerprint density at radius 1 is 1.18 bits per heavy atom. The molecular weight excluding hydrogens is 274 g/mol. The predicted octanol–water partition coefficient (Wildman–Crippen LogP) is 3.39. The molecule has 0 aromatic heterocycles. The van der Waals surface area contributed by atoms with Crippen LogP contribution in [0.15, 0.2) is 24.3 Å². The van der Waals surface area contributed by atoms with Crippen molar-refractivity contribution < 1.29 is 9.90 Å². The van der Waals surface area contributed by atoms with E-state index in [9.17, 15) is 9.90 Å². The summed E-state index contributed by atoms with van der Waals surface area (Å²) in [5, 5.41) is 19.4. The van der Waals surface area contributed by atoms with Crippen LogP contribution in [0, 0.1) is 22.7 Å². The zero-order valence-electron chi connectivity index (χ0n) is 12.9. The molecule has 2 atom stereocenters. The summed E-state index contributed by atoms with van der Waals surface area (Å²) >= 11 is 0. The van der Waals surface area contributed by atoms with Gasteiger partial charge in [0, 0.05) is 12.3 Å². The van der Waals surface area contributed by atoms with E-state index in [4.69, 9.17) is 5.26 Å². The minimum atomic E-state index is -0.519. The van der Waals surface area contributed by atoms with Gasteiger partial charge in [-0.1, -0.05) is 31.4 Å². The van der Waals surface area contributed by atoms with E-state index in [0.717, 1.165) is 24.8 Å². The molecule has 3 rings (SSSR count). The number of Topliss-reactive ketones (excluding diaryl/α,β-unsaturated/α-hetero) is 1. The first-order valence-corrected chi connectivity index (χ1v) is 8.32. The van der Waals surface area contributed by atoms with E-state index in [2.05, 4.69) is 6.07 Å². The average molecular weight is 297 g/mol. The second-order valence-electron chi connectivity index (χ2n) is 7.09. The predicted molar refractivity (Wildman–Crippen MR) is 84.1 cm³/mol. The topological polar surface area (TPSA) is 61.1 Å². The SMILES string of the molecule is N#Cc1ccc(C[C@@H]2C(=O)CC3(CCCCC3)C[C@@H]2O)cc1. The molecule has 2 aliphatic carbocycles. The molecule has 0 aliphatic heterocycles. The number of hydrogen-bond acceptors (Lipinski definition) is 3. The van der Waals surface area contributed by atoms with E-state index in [1.807, 2.05) is 12.1 Å². The van der Waals surface area contributed by atoms with E-state index in [0.29, 0.717) is 18.4 Å². The summed E-state index contributed by atoms with van der Waals surface area (Å²) in [6.45, 7) is 0. The van der Waals surface area contributed by atoms with Gasteiger partial charge >= 0.3 is 0 Å². The van der Waals surface area contributed by atoms with Crippen LogP contribution in [0.3, 0.4) is 0 Å². The molecule has 0 heterocycles. The molecule has 22 heavy (non-hydrogen) atoms. The van der Waals surface area contributed by atoms with E-state index in [-0.39, 0.29) is 17.1 Å². The summed E-state index contributed by atoms with van der Waals surface area (Å²) in [4.78, 5) is 12.6. The Morgan fingerprint density at radius 2 is 1.86 bits per heavy atom. The van der Waals surface area contributed by atoms with Crippen molar-refractivity contribution in [3.63, 3.8) is 0 Å². The first kappa shape index (κ1) is 15.2. The van der Waals surface area contributed by atoms with Crippen molar-refractivity contribution >= 4 is 5.78 Å². The standard InChI is InChI=1S/C19H23NO2/c20-13-15-6-4-14(5-7-15)10-16-17(21)11-19(12-18(16)22)8-2-1-3-9-19/h4-7,16-17,21H,1-3,8-12H2/t16-,17-/m0/s1. The number of carbonyl (C=O) groups excluding carboxylic acids is 1. The van der Waals surface area contributed by atoms with Gasteiger partial charge in [-0.15, -0.1) is 0 Å². The van der Waals surface area contributed by atoms with E-state index >= 15 is 0 Å². The molecule has 116 valence electrons. The van der Waals surface area contributed by atoms with Crippen LogP contribution in [-0.2, 0) is 11.2 Å². The molecule has 1 N–H and O–H groups in total. The summed E-state index contributed by atoms with van der Waals surface area (Å²) in [7, 11) is 0. The average Bonchev–Trinajstić information content (AvgIpc) is 2.52. The Hall–Kier alpha value is -1.66. The van der Waals surface area contributed by atoms with Crippen LogP contribution in [0.2, 0.25) is 0 Å². The highest BCUT2D eigenvalue weighted by Crippen LogP contribution is 2.48. The number of nitriles is 1. The van der Waals surface area contributed by atoms with Crippen molar-refractivity contribution in [3.8, 4) is 6.07 Å². The fourth-order valence-electron chi connectivity index (χ4n) is 4.28. The van der Waals surface area contributed by atoms with Crippen molar-refractivity contribution in [2.24, 2.45) is 11.3 Å². The summed E-state index contributed by atoms with van der Waals surface area (Å²) in [6.07, 6.45) is 7.34. The van der Waals surface area contributed by atoms with Gasteiger partial charge in [-0.05, 0) is 48.8 Å². The second-order valence-corrected chi connectivity index (χ2v) is 7.09. The normalized spacial score (nSPS) is 27.5. The van der Waals surface area contributed by atoms with Gasteiger partial charge in [0.15, 0.2) is 0 Å². The van der Waals surface area contributed by atoms with Crippen LogP contribution in [0.25, 0.3) is 0 Å². The fourth-order valence-corrected chi connectivity index (χ4v) is 4.28. The van der Waals surface area contributed by atoms with Crippen LogP contribution in [0.4, 0.5) is 0 Å². The minimum Gasteiger partial charge on any atom is -0.392 e. The van der Waals surface area contributed by atoms with Gasteiger partial charge in [0.1, 0.15) is 5.78 Å². The lowest BCUT2D eigenvalue weighted by atomic mass is 9.61. The highest BCUT2D eigenvalue weighted by molar-refractivity contribution is 5.83. The molecule has 2 fully saturated rings. The van der Waals surface area contributed by atoms with Gasteiger partial charge < -0.3 is 5.11 Å². The third-order valence-electron chi connectivity index (χ3n) is 5.52. The molecular formula is C19H23NO2. The molecule has 0 radical (unpaired) electrons. The Labute approximate surface area is 132 Å². The van der Waals surface area contributed by atoms with Crippen LogP contribution >= 0.6 is 0 Å². The third kappa shape index (κ3) is 3.08.